The monoisotopic (exact) mass is 306 g/mol. The molecule has 0 aliphatic heterocycles. The van der Waals surface area contributed by atoms with Crippen LogP contribution in [0.25, 0.3) is 0 Å². The van der Waals surface area contributed by atoms with Gasteiger partial charge in [0.1, 0.15) is 12.1 Å². The standard InChI is InChI=1S/C14H11ClN2O4/c15-9-3-1-4-10(7-9)17(8-12(18)19)14(21)11-5-2-6-16-13(11)20/h1-7H,8H2,(H,16,20)(H,18,19). The molecule has 0 saturated heterocycles. The molecule has 108 valence electrons. The van der Waals surface area contributed by atoms with Crippen molar-refractivity contribution < 1.29 is 14.7 Å². The number of carbonyl (C=O) groups is 2. The van der Waals surface area contributed by atoms with Crippen LogP contribution in [0.5, 0.6) is 0 Å². The minimum atomic E-state index is -1.20. The molecule has 7 heteroatoms. The van der Waals surface area contributed by atoms with Crippen LogP contribution in [0.1, 0.15) is 10.4 Å². The summed E-state index contributed by atoms with van der Waals surface area (Å²) in [7, 11) is 0. The first-order chi connectivity index (χ1) is 9.99. The highest BCUT2D eigenvalue weighted by Crippen LogP contribution is 2.20. The SMILES string of the molecule is O=C(O)CN(C(=O)c1ccc[nH]c1=O)c1cccc(Cl)c1. The maximum atomic E-state index is 12.4. The number of hydrogen-bond donors (Lipinski definition) is 2. The topological polar surface area (TPSA) is 90.5 Å². The zero-order valence-corrected chi connectivity index (χ0v) is 11.5. The van der Waals surface area contributed by atoms with Crippen LogP contribution in [-0.4, -0.2) is 28.5 Å². The van der Waals surface area contributed by atoms with Crippen molar-refractivity contribution in [3.05, 3.63) is 63.5 Å². The average Bonchev–Trinajstić information content (AvgIpc) is 2.44. The minimum Gasteiger partial charge on any atom is -0.480 e. The van der Waals surface area contributed by atoms with Crippen molar-refractivity contribution in [1.29, 1.82) is 0 Å². The van der Waals surface area contributed by atoms with Crippen LogP contribution < -0.4 is 10.5 Å². The van der Waals surface area contributed by atoms with Crippen LogP contribution >= 0.6 is 11.6 Å². The lowest BCUT2D eigenvalue weighted by Crippen LogP contribution is -2.38. The number of carbonyl (C=O) groups excluding carboxylic acids is 1. The Kier molecular flexibility index (Phi) is 4.39. The number of carboxylic acids is 1. The molecule has 0 aliphatic carbocycles. The molecule has 0 radical (unpaired) electrons. The molecule has 0 saturated carbocycles. The Balaban J connectivity index is 2.46. The fourth-order valence-corrected chi connectivity index (χ4v) is 1.98. The summed E-state index contributed by atoms with van der Waals surface area (Å²) < 4.78 is 0. The Morgan fingerprint density at radius 2 is 2.00 bits per heavy atom. The van der Waals surface area contributed by atoms with Gasteiger partial charge in [-0.15, -0.1) is 0 Å². The Labute approximate surface area is 124 Å². The van der Waals surface area contributed by atoms with Gasteiger partial charge in [-0.05, 0) is 30.3 Å². The van der Waals surface area contributed by atoms with Crippen LogP contribution in [0.2, 0.25) is 5.02 Å². The molecule has 2 N–H and O–H groups in total. The summed E-state index contributed by atoms with van der Waals surface area (Å²) in [5.41, 5.74) is -0.420. The predicted molar refractivity (Wildman–Crippen MR) is 77.8 cm³/mol. The van der Waals surface area contributed by atoms with Crippen LogP contribution in [0.15, 0.2) is 47.4 Å². The summed E-state index contributed by atoms with van der Waals surface area (Å²) in [6.45, 7) is -0.576. The third-order valence-electron chi connectivity index (χ3n) is 2.71. The van der Waals surface area contributed by atoms with Crippen LogP contribution in [0, 0.1) is 0 Å². The molecule has 1 heterocycles. The van der Waals surface area contributed by atoms with E-state index in [-0.39, 0.29) is 5.56 Å². The quantitative estimate of drug-likeness (QED) is 0.900. The number of aliphatic carboxylic acids is 1. The van der Waals surface area contributed by atoms with E-state index < -0.39 is 24.0 Å². The zero-order valence-electron chi connectivity index (χ0n) is 10.7. The summed E-state index contributed by atoms with van der Waals surface area (Å²) in [6, 6.07) is 9.02. The Morgan fingerprint density at radius 1 is 1.24 bits per heavy atom. The highest BCUT2D eigenvalue weighted by Gasteiger charge is 2.22. The lowest BCUT2D eigenvalue weighted by Gasteiger charge is -2.20. The molecular formula is C14H11ClN2O4. The second-order valence-corrected chi connectivity index (χ2v) is 4.61. The first-order valence-electron chi connectivity index (χ1n) is 5.96. The third-order valence-corrected chi connectivity index (χ3v) is 2.94. The van der Waals surface area contributed by atoms with Gasteiger partial charge in [-0.3, -0.25) is 19.3 Å². The predicted octanol–water partition coefficient (Wildman–Crippen LogP) is 1.76. The fourth-order valence-electron chi connectivity index (χ4n) is 1.80. The highest BCUT2D eigenvalue weighted by molar-refractivity contribution is 6.31. The lowest BCUT2D eigenvalue weighted by molar-refractivity contribution is -0.135. The van der Waals surface area contributed by atoms with Gasteiger partial charge >= 0.3 is 5.97 Å². The van der Waals surface area contributed by atoms with Crippen molar-refractivity contribution in [2.75, 3.05) is 11.4 Å². The minimum absolute atomic E-state index is 0.140. The summed E-state index contributed by atoms with van der Waals surface area (Å²) in [5.74, 6) is -1.91. The number of aromatic amines is 1. The van der Waals surface area contributed by atoms with Crippen molar-refractivity contribution in [3.8, 4) is 0 Å². The van der Waals surface area contributed by atoms with Crippen molar-refractivity contribution >= 4 is 29.2 Å². The number of anilines is 1. The number of amides is 1. The van der Waals surface area contributed by atoms with Crippen LogP contribution in [-0.2, 0) is 4.79 Å². The highest BCUT2D eigenvalue weighted by atomic mass is 35.5. The van der Waals surface area contributed by atoms with E-state index in [0.29, 0.717) is 10.7 Å². The zero-order chi connectivity index (χ0) is 15.4. The molecular weight excluding hydrogens is 296 g/mol. The third kappa shape index (κ3) is 3.49. The molecule has 0 aliphatic rings. The molecule has 1 amide bonds. The van der Waals surface area contributed by atoms with Crippen LogP contribution in [0.3, 0.4) is 0 Å². The van der Waals surface area contributed by atoms with Gasteiger partial charge in [0.05, 0.1) is 0 Å². The van der Waals surface area contributed by atoms with Crippen molar-refractivity contribution in [2.45, 2.75) is 0 Å². The molecule has 1 aromatic carbocycles. The normalized spacial score (nSPS) is 10.1. The number of pyridine rings is 1. The summed E-state index contributed by atoms with van der Waals surface area (Å²) in [6.07, 6.45) is 1.39. The van der Waals surface area contributed by atoms with Crippen molar-refractivity contribution in [1.82, 2.24) is 4.98 Å². The molecule has 2 aromatic rings. The van der Waals surface area contributed by atoms with E-state index in [4.69, 9.17) is 16.7 Å². The van der Waals surface area contributed by atoms with E-state index >= 15 is 0 Å². The van der Waals surface area contributed by atoms with Gasteiger partial charge in [0, 0.05) is 16.9 Å². The maximum Gasteiger partial charge on any atom is 0.323 e. The molecule has 0 fully saturated rings. The van der Waals surface area contributed by atoms with E-state index in [0.717, 1.165) is 4.90 Å². The summed E-state index contributed by atoms with van der Waals surface area (Å²) in [4.78, 5) is 38.4. The largest absolute Gasteiger partial charge is 0.480 e. The van der Waals surface area contributed by atoms with E-state index in [1.165, 1.54) is 24.4 Å². The van der Waals surface area contributed by atoms with Gasteiger partial charge in [-0.25, -0.2) is 0 Å². The number of H-pyrrole nitrogens is 1. The smallest absolute Gasteiger partial charge is 0.323 e. The van der Waals surface area contributed by atoms with Gasteiger partial charge < -0.3 is 10.1 Å². The maximum absolute atomic E-state index is 12.4. The average molecular weight is 307 g/mol. The van der Waals surface area contributed by atoms with E-state index in [2.05, 4.69) is 4.98 Å². The Bertz CT molecular complexity index is 742. The van der Waals surface area contributed by atoms with E-state index in [1.54, 1.807) is 18.2 Å². The van der Waals surface area contributed by atoms with Crippen LogP contribution in [0.4, 0.5) is 5.69 Å². The number of hydrogen-bond acceptors (Lipinski definition) is 3. The number of carboxylic acid groups (broad SMARTS) is 1. The number of aromatic nitrogens is 1. The second-order valence-electron chi connectivity index (χ2n) is 4.18. The molecule has 0 unspecified atom stereocenters. The Morgan fingerprint density at radius 3 is 2.62 bits per heavy atom. The van der Waals surface area contributed by atoms with Gasteiger partial charge in [0.15, 0.2) is 0 Å². The fraction of sp³-hybridized carbons (Fsp3) is 0.0714. The molecule has 0 spiro atoms. The van der Waals surface area contributed by atoms with Gasteiger partial charge in [-0.1, -0.05) is 17.7 Å². The number of nitrogens with zero attached hydrogens (tertiary/aromatic N) is 1. The molecule has 6 nitrogen and oxygen atoms in total. The van der Waals surface area contributed by atoms with Gasteiger partial charge in [0.2, 0.25) is 0 Å². The first-order valence-corrected chi connectivity index (χ1v) is 6.34. The van der Waals surface area contributed by atoms with Crippen molar-refractivity contribution in [2.24, 2.45) is 0 Å². The lowest BCUT2D eigenvalue weighted by atomic mass is 10.2. The van der Waals surface area contributed by atoms with Gasteiger partial charge in [-0.2, -0.15) is 0 Å². The molecule has 1 aromatic heterocycles. The van der Waals surface area contributed by atoms with E-state index in [9.17, 15) is 14.4 Å². The van der Waals surface area contributed by atoms with E-state index in [1.807, 2.05) is 0 Å². The molecule has 21 heavy (non-hydrogen) atoms. The number of rotatable bonds is 4. The summed E-state index contributed by atoms with van der Waals surface area (Å²) in [5, 5.41) is 9.33. The first kappa shape index (κ1) is 14.8. The Hall–Kier alpha value is -2.60. The number of benzene rings is 1. The second kappa shape index (κ2) is 6.23. The number of halogens is 1. The van der Waals surface area contributed by atoms with Gasteiger partial charge in [0.25, 0.3) is 11.5 Å². The summed E-state index contributed by atoms with van der Waals surface area (Å²) >= 11 is 5.85. The number of nitrogens with one attached hydrogen (secondary N) is 1. The molecule has 2 rings (SSSR count). The van der Waals surface area contributed by atoms with Crippen molar-refractivity contribution in [3.63, 3.8) is 0 Å². The molecule has 0 bridgehead atoms. The molecule has 0 atom stereocenters.